The van der Waals surface area contributed by atoms with Crippen molar-refractivity contribution in [3.63, 3.8) is 0 Å². The molecule has 2 rings (SSSR count). The van der Waals surface area contributed by atoms with E-state index in [4.69, 9.17) is 11.6 Å². The van der Waals surface area contributed by atoms with Gasteiger partial charge >= 0.3 is 0 Å². The number of halogens is 1. The van der Waals surface area contributed by atoms with Crippen LogP contribution in [0.2, 0.25) is 5.15 Å². The molecule has 0 aliphatic carbocycles. The molecule has 0 N–H and O–H groups in total. The summed E-state index contributed by atoms with van der Waals surface area (Å²) in [5.74, 6) is 0.709. The van der Waals surface area contributed by atoms with Crippen molar-refractivity contribution in [3.8, 4) is 0 Å². The molecule has 0 bridgehead atoms. The molecule has 1 saturated heterocycles. The van der Waals surface area contributed by atoms with Gasteiger partial charge in [0, 0.05) is 13.1 Å². The lowest BCUT2D eigenvalue weighted by atomic mass is 9.96. The summed E-state index contributed by atoms with van der Waals surface area (Å²) in [7, 11) is 0. The molecule has 1 aromatic rings. The van der Waals surface area contributed by atoms with E-state index in [1.54, 1.807) is 0 Å². The Labute approximate surface area is 119 Å². The molecule has 0 saturated carbocycles. The summed E-state index contributed by atoms with van der Waals surface area (Å²) in [6, 6.07) is 0. The predicted octanol–water partition coefficient (Wildman–Crippen LogP) is 3.17. The van der Waals surface area contributed by atoms with Crippen LogP contribution in [0.5, 0.6) is 0 Å². The molecule has 5 heteroatoms. The molecular weight excluding hydrogens is 262 g/mol. The first-order valence-electron chi connectivity index (χ1n) is 6.97. The molecule has 2 heterocycles. The van der Waals surface area contributed by atoms with Gasteiger partial charge in [0.25, 0.3) is 5.91 Å². The number of carbonyl (C=O) groups is 1. The standard InChI is InChI=1S/C14H20ClN3O/c1-2-4-11-5-3-7-18(8-6-11)14(19)12-9-16-10-13(15)17-12/h9-11H,2-8H2,1H3. The van der Waals surface area contributed by atoms with E-state index < -0.39 is 0 Å². The van der Waals surface area contributed by atoms with Crippen LogP contribution in [-0.4, -0.2) is 33.9 Å². The zero-order chi connectivity index (χ0) is 13.7. The lowest BCUT2D eigenvalue weighted by molar-refractivity contribution is 0.0753. The normalized spacial score (nSPS) is 20.1. The summed E-state index contributed by atoms with van der Waals surface area (Å²) in [5.41, 5.74) is 0.349. The minimum absolute atomic E-state index is 0.0489. The Bertz CT molecular complexity index is 438. The van der Waals surface area contributed by atoms with Crippen LogP contribution in [0.25, 0.3) is 0 Å². The van der Waals surface area contributed by atoms with E-state index in [0.29, 0.717) is 5.69 Å². The molecule has 1 aromatic heterocycles. The molecule has 1 aliphatic rings. The lowest BCUT2D eigenvalue weighted by Crippen LogP contribution is -2.32. The van der Waals surface area contributed by atoms with Gasteiger partial charge in [0.15, 0.2) is 0 Å². The molecule has 0 radical (unpaired) electrons. The zero-order valence-corrected chi connectivity index (χ0v) is 12.1. The number of carbonyl (C=O) groups excluding carboxylic acids is 1. The number of likely N-dealkylation sites (tertiary alicyclic amines) is 1. The van der Waals surface area contributed by atoms with Gasteiger partial charge in [0.05, 0.1) is 12.4 Å². The average Bonchev–Trinajstić information content (AvgIpc) is 2.64. The number of hydrogen-bond acceptors (Lipinski definition) is 3. The van der Waals surface area contributed by atoms with Crippen LogP contribution in [0.1, 0.15) is 49.5 Å². The van der Waals surface area contributed by atoms with Gasteiger partial charge in [-0.3, -0.25) is 9.78 Å². The monoisotopic (exact) mass is 281 g/mol. The number of aromatic nitrogens is 2. The Kier molecular flexibility index (Phi) is 5.14. The van der Waals surface area contributed by atoms with E-state index >= 15 is 0 Å². The highest BCUT2D eigenvalue weighted by Crippen LogP contribution is 2.22. The fourth-order valence-electron chi connectivity index (χ4n) is 2.67. The summed E-state index contributed by atoms with van der Waals surface area (Å²) < 4.78 is 0. The molecular formula is C14H20ClN3O. The first-order chi connectivity index (χ1) is 9.20. The molecule has 104 valence electrons. The van der Waals surface area contributed by atoms with E-state index in [0.717, 1.165) is 31.8 Å². The summed E-state index contributed by atoms with van der Waals surface area (Å²) in [6.07, 6.45) is 8.80. The van der Waals surface area contributed by atoms with E-state index in [-0.39, 0.29) is 11.1 Å². The Morgan fingerprint density at radius 2 is 2.26 bits per heavy atom. The third-order valence-electron chi connectivity index (χ3n) is 3.66. The van der Waals surface area contributed by atoms with Crippen LogP contribution < -0.4 is 0 Å². The maximum atomic E-state index is 12.3. The average molecular weight is 282 g/mol. The van der Waals surface area contributed by atoms with E-state index in [1.165, 1.54) is 31.7 Å². The first kappa shape index (κ1) is 14.3. The Hall–Kier alpha value is -1.16. The molecule has 1 fully saturated rings. The second-order valence-corrected chi connectivity index (χ2v) is 5.49. The van der Waals surface area contributed by atoms with Crippen LogP contribution in [0.4, 0.5) is 0 Å². The SMILES string of the molecule is CCCC1CCCN(C(=O)c2cncc(Cl)n2)CC1. The molecule has 1 aliphatic heterocycles. The summed E-state index contributed by atoms with van der Waals surface area (Å²) in [6.45, 7) is 3.85. The van der Waals surface area contributed by atoms with Crippen molar-refractivity contribution >= 4 is 17.5 Å². The van der Waals surface area contributed by atoms with Gasteiger partial charge < -0.3 is 4.90 Å². The van der Waals surface area contributed by atoms with Crippen molar-refractivity contribution in [2.24, 2.45) is 5.92 Å². The molecule has 0 aromatic carbocycles. The smallest absolute Gasteiger partial charge is 0.274 e. The van der Waals surface area contributed by atoms with Crippen molar-refractivity contribution in [1.82, 2.24) is 14.9 Å². The van der Waals surface area contributed by atoms with Gasteiger partial charge in [-0.25, -0.2) is 4.98 Å². The zero-order valence-electron chi connectivity index (χ0n) is 11.3. The summed E-state index contributed by atoms with van der Waals surface area (Å²) in [5, 5.41) is 0.268. The lowest BCUT2D eigenvalue weighted by Gasteiger charge is -2.20. The molecule has 0 spiro atoms. The van der Waals surface area contributed by atoms with Crippen LogP contribution in [0, 0.1) is 5.92 Å². The summed E-state index contributed by atoms with van der Waals surface area (Å²) in [4.78, 5) is 22.2. The van der Waals surface area contributed by atoms with Crippen molar-refractivity contribution in [3.05, 3.63) is 23.2 Å². The van der Waals surface area contributed by atoms with E-state index in [1.807, 2.05) is 4.90 Å². The van der Waals surface area contributed by atoms with Gasteiger partial charge in [0.1, 0.15) is 10.8 Å². The van der Waals surface area contributed by atoms with Gasteiger partial charge in [-0.05, 0) is 25.2 Å². The second kappa shape index (κ2) is 6.85. The van der Waals surface area contributed by atoms with Crippen LogP contribution in [0.15, 0.2) is 12.4 Å². The molecule has 1 unspecified atom stereocenters. The van der Waals surface area contributed by atoms with Gasteiger partial charge in [-0.1, -0.05) is 31.4 Å². The third-order valence-corrected chi connectivity index (χ3v) is 3.84. The molecule has 1 atom stereocenters. The first-order valence-corrected chi connectivity index (χ1v) is 7.35. The number of rotatable bonds is 3. The minimum Gasteiger partial charge on any atom is -0.337 e. The Balaban J connectivity index is 2.00. The van der Waals surface area contributed by atoms with Gasteiger partial charge in [-0.15, -0.1) is 0 Å². The molecule has 1 amide bonds. The maximum absolute atomic E-state index is 12.3. The van der Waals surface area contributed by atoms with E-state index in [9.17, 15) is 4.79 Å². The maximum Gasteiger partial charge on any atom is 0.274 e. The van der Waals surface area contributed by atoms with Crippen molar-refractivity contribution in [1.29, 1.82) is 0 Å². The topological polar surface area (TPSA) is 46.1 Å². The Morgan fingerprint density at radius 1 is 1.42 bits per heavy atom. The highest BCUT2D eigenvalue weighted by Gasteiger charge is 2.22. The fourth-order valence-corrected chi connectivity index (χ4v) is 2.82. The van der Waals surface area contributed by atoms with Crippen molar-refractivity contribution in [2.75, 3.05) is 13.1 Å². The molecule has 19 heavy (non-hydrogen) atoms. The number of nitrogens with zero attached hydrogens (tertiary/aromatic N) is 3. The van der Waals surface area contributed by atoms with Gasteiger partial charge in [-0.2, -0.15) is 0 Å². The summed E-state index contributed by atoms with van der Waals surface area (Å²) >= 11 is 5.78. The highest BCUT2D eigenvalue weighted by molar-refractivity contribution is 6.29. The second-order valence-electron chi connectivity index (χ2n) is 5.10. The predicted molar refractivity (Wildman–Crippen MR) is 75.2 cm³/mol. The van der Waals surface area contributed by atoms with Gasteiger partial charge in [0.2, 0.25) is 0 Å². The van der Waals surface area contributed by atoms with Crippen molar-refractivity contribution < 1.29 is 4.79 Å². The number of amides is 1. The highest BCUT2D eigenvalue weighted by atomic mass is 35.5. The minimum atomic E-state index is -0.0489. The molecule has 4 nitrogen and oxygen atoms in total. The fraction of sp³-hybridized carbons (Fsp3) is 0.643. The van der Waals surface area contributed by atoms with Crippen LogP contribution in [-0.2, 0) is 0 Å². The van der Waals surface area contributed by atoms with Crippen molar-refractivity contribution in [2.45, 2.75) is 39.0 Å². The quantitative estimate of drug-likeness (QED) is 0.855. The van der Waals surface area contributed by atoms with E-state index in [2.05, 4.69) is 16.9 Å². The van der Waals surface area contributed by atoms with Crippen LogP contribution in [0.3, 0.4) is 0 Å². The third kappa shape index (κ3) is 3.90. The van der Waals surface area contributed by atoms with Crippen LogP contribution >= 0.6 is 11.6 Å². The largest absolute Gasteiger partial charge is 0.337 e. The number of hydrogen-bond donors (Lipinski definition) is 0. The Morgan fingerprint density at radius 3 is 3.00 bits per heavy atom.